The molecule has 0 saturated heterocycles. The molecular formula is C20H21NO3S. The fourth-order valence-corrected chi connectivity index (χ4v) is 4.14. The van der Waals surface area contributed by atoms with E-state index in [1.54, 1.807) is 11.3 Å². The first-order chi connectivity index (χ1) is 12.0. The molecule has 0 N–H and O–H groups in total. The molecule has 25 heavy (non-hydrogen) atoms. The molecular weight excluding hydrogens is 334 g/mol. The summed E-state index contributed by atoms with van der Waals surface area (Å²) in [4.78, 5) is 16.0. The van der Waals surface area contributed by atoms with Gasteiger partial charge in [-0.15, -0.1) is 11.3 Å². The van der Waals surface area contributed by atoms with E-state index in [1.165, 1.54) is 0 Å². The van der Waals surface area contributed by atoms with Crippen molar-refractivity contribution in [1.29, 1.82) is 0 Å². The van der Waals surface area contributed by atoms with Gasteiger partial charge in [-0.05, 0) is 42.0 Å². The number of rotatable bonds is 3. The average Bonchev–Trinajstić information content (AvgIpc) is 3.12. The molecule has 4 rings (SSSR count). The van der Waals surface area contributed by atoms with Crippen LogP contribution in [0.25, 0.3) is 6.08 Å². The molecule has 2 aliphatic rings. The van der Waals surface area contributed by atoms with Gasteiger partial charge in [0.1, 0.15) is 18.2 Å². The van der Waals surface area contributed by atoms with Gasteiger partial charge in [-0.1, -0.05) is 13.8 Å². The van der Waals surface area contributed by atoms with E-state index in [2.05, 4.69) is 18.7 Å². The Hall–Kier alpha value is -2.11. The molecule has 2 aliphatic heterocycles. The fourth-order valence-electron chi connectivity index (χ4n) is 3.29. The molecule has 0 unspecified atom stereocenters. The van der Waals surface area contributed by atoms with Crippen LogP contribution >= 0.6 is 11.3 Å². The smallest absolute Gasteiger partial charge is 0.232 e. The number of aryl methyl sites for hydroxylation is 1. The molecule has 0 radical (unpaired) electrons. The predicted molar refractivity (Wildman–Crippen MR) is 99.2 cm³/mol. The quantitative estimate of drug-likeness (QED) is 0.761. The lowest BCUT2D eigenvalue weighted by Gasteiger charge is -2.30. The Morgan fingerprint density at radius 2 is 2.16 bits per heavy atom. The maximum absolute atomic E-state index is 12.7. The molecule has 0 spiro atoms. The van der Waals surface area contributed by atoms with Crippen LogP contribution in [-0.2, 0) is 6.54 Å². The average molecular weight is 355 g/mol. The minimum absolute atomic E-state index is 0.0495. The molecule has 1 aromatic heterocycles. The molecule has 0 aliphatic carbocycles. The molecule has 5 heteroatoms. The van der Waals surface area contributed by atoms with Crippen LogP contribution in [0.5, 0.6) is 11.5 Å². The molecule has 3 heterocycles. The first kappa shape index (κ1) is 16.4. The summed E-state index contributed by atoms with van der Waals surface area (Å²) in [5.74, 6) is 2.39. The molecule has 0 bridgehead atoms. The Morgan fingerprint density at radius 3 is 2.88 bits per heavy atom. The number of carbonyl (C=O) groups excluding carboxylic acids is 1. The van der Waals surface area contributed by atoms with Crippen molar-refractivity contribution in [2.45, 2.75) is 27.3 Å². The van der Waals surface area contributed by atoms with Crippen molar-refractivity contribution in [1.82, 2.24) is 4.90 Å². The number of nitrogens with zero attached hydrogens (tertiary/aromatic N) is 1. The van der Waals surface area contributed by atoms with E-state index in [0.29, 0.717) is 29.7 Å². The summed E-state index contributed by atoms with van der Waals surface area (Å²) in [6.07, 6.45) is 1.85. The van der Waals surface area contributed by atoms with Crippen LogP contribution in [0.1, 0.15) is 40.2 Å². The minimum atomic E-state index is -0.0495. The van der Waals surface area contributed by atoms with E-state index in [1.807, 2.05) is 36.6 Å². The molecule has 130 valence electrons. The van der Waals surface area contributed by atoms with Gasteiger partial charge in [-0.25, -0.2) is 0 Å². The zero-order valence-corrected chi connectivity index (χ0v) is 15.5. The third kappa shape index (κ3) is 2.98. The van der Waals surface area contributed by atoms with Crippen LogP contribution in [0.3, 0.4) is 0 Å². The predicted octanol–water partition coefficient (Wildman–Crippen LogP) is 4.48. The van der Waals surface area contributed by atoms with Crippen LogP contribution in [0.4, 0.5) is 0 Å². The van der Waals surface area contributed by atoms with E-state index in [-0.39, 0.29) is 5.78 Å². The highest BCUT2D eigenvalue weighted by Gasteiger charge is 2.33. The fraction of sp³-hybridized carbons (Fsp3) is 0.350. The minimum Gasteiger partial charge on any atom is -0.478 e. The second-order valence-electron chi connectivity index (χ2n) is 7.01. The number of ether oxygens (including phenoxy) is 2. The lowest BCUT2D eigenvalue weighted by molar-refractivity contribution is 0.0832. The molecule has 4 nitrogen and oxygen atoms in total. The highest BCUT2D eigenvalue weighted by atomic mass is 32.1. The van der Waals surface area contributed by atoms with E-state index >= 15 is 0 Å². The first-order valence-corrected chi connectivity index (χ1v) is 9.40. The van der Waals surface area contributed by atoms with Crippen LogP contribution < -0.4 is 9.47 Å². The summed E-state index contributed by atoms with van der Waals surface area (Å²) in [5, 5.41) is 2.02. The van der Waals surface area contributed by atoms with Gasteiger partial charge in [0.05, 0.1) is 11.1 Å². The molecule has 0 saturated carbocycles. The highest BCUT2D eigenvalue weighted by Crippen LogP contribution is 2.42. The summed E-state index contributed by atoms with van der Waals surface area (Å²) >= 11 is 1.61. The number of thiophene rings is 1. The summed E-state index contributed by atoms with van der Waals surface area (Å²) in [5.41, 5.74) is 2.76. The second kappa shape index (κ2) is 6.32. The molecule has 0 atom stereocenters. The van der Waals surface area contributed by atoms with E-state index in [9.17, 15) is 4.79 Å². The Labute approximate surface area is 151 Å². The van der Waals surface area contributed by atoms with Crippen LogP contribution in [-0.4, -0.2) is 24.0 Å². The zero-order valence-electron chi connectivity index (χ0n) is 14.7. The number of carbonyl (C=O) groups is 1. The maximum atomic E-state index is 12.7. The molecule has 2 aromatic rings. The lowest BCUT2D eigenvalue weighted by atomic mass is 10.0. The third-order valence-corrected chi connectivity index (χ3v) is 5.44. The Morgan fingerprint density at radius 1 is 1.32 bits per heavy atom. The highest BCUT2D eigenvalue weighted by molar-refractivity contribution is 7.11. The monoisotopic (exact) mass is 355 g/mol. The van der Waals surface area contributed by atoms with Crippen molar-refractivity contribution in [2.75, 3.05) is 13.3 Å². The largest absolute Gasteiger partial charge is 0.478 e. The van der Waals surface area contributed by atoms with E-state index in [0.717, 1.165) is 34.8 Å². The Kier molecular flexibility index (Phi) is 4.13. The van der Waals surface area contributed by atoms with Crippen LogP contribution in [0.15, 0.2) is 29.3 Å². The number of hydrogen-bond acceptors (Lipinski definition) is 5. The van der Waals surface area contributed by atoms with Gasteiger partial charge in [0.25, 0.3) is 0 Å². The van der Waals surface area contributed by atoms with Gasteiger partial charge in [0, 0.05) is 24.0 Å². The van der Waals surface area contributed by atoms with Crippen molar-refractivity contribution >= 4 is 23.2 Å². The summed E-state index contributed by atoms with van der Waals surface area (Å²) in [6, 6.07) is 5.75. The van der Waals surface area contributed by atoms with Crippen molar-refractivity contribution in [3.63, 3.8) is 0 Å². The molecule has 0 fully saturated rings. The first-order valence-electron chi connectivity index (χ1n) is 8.52. The van der Waals surface area contributed by atoms with Gasteiger partial charge in [0.2, 0.25) is 5.78 Å². The third-order valence-electron chi connectivity index (χ3n) is 4.47. The molecule has 1 aromatic carbocycles. The Balaban J connectivity index is 1.68. The van der Waals surface area contributed by atoms with Crippen molar-refractivity contribution < 1.29 is 14.3 Å². The number of allylic oxidation sites excluding steroid dienone is 1. The standard InChI is InChI=1S/C20H21NO3S/c1-12(2)9-21-10-15-16(23-11-21)5-4-14-19(22)17(24-20(14)15)8-18-13(3)6-7-25-18/h4-8,12H,9-11H2,1-3H3/b17-8-. The second-order valence-corrected chi connectivity index (χ2v) is 7.95. The summed E-state index contributed by atoms with van der Waals surface area (Å²) in [6.45, 7) is 8.69. The number of Topliss-reactive ketones (excluding diaryl/α,β-unsaturated/α-hetero) is 1. The lowest BCUT2D eigenvalue weighted by Crippen LogP contribution is -2.34. The van der Waals surface area contributed by atoms with Gasteiger partial charge in [-0.3, -0.25) is 9.69 Å². The summed E-state index contributed by atoms with van der Waals surface area (Å²) in [7, 11) is 0. The van der Waals surface area contributed by atoms with Crippen molar-refractivity contribution in [2.24, 2.45) is 5.92 Å². The number of benzene rings is 1. The number of ketones is 1. The van der Waals surface area contributed by atoms with Crippen molar-refractivity contribution in [3.05, 3.63) is 50.9 Å². The van der Waals surface area contributed by atoms with Crippen LogP contribution in [0.2, 0.25) is 0 Å². The van der Waals surface area contributed by atoms with E-state index in [4.69, 9.17) is 9.47 Å². The van der Waals surface area contributed by atoms with Gasteiger partial charge >= 0.3 is 0 Å². The number of fused-ring (bicyclic) bond motifs is 3. The van der Waals surface area contributed by atoms with Gasteiger partial charge in [0.15, 0.2) is 5.76 Å². The van der Waals surface area contributed by atoms with Gasteiger partial charge in [-0.2, -0.15) is 0 Å². The van der Waals surface area contributed by atoms with Crippen molar-refractivity contribution in [3.8, 4) is 11.5 Å². The SMILES string of the molecule is Cc1ccsc1/C=C1\Oc2c(ccc3c2CN(CC(C)C)CO3)C1=O. The topological polar surface area (TPSA) is 38.8 Å². The van der Waals surface area contributed by atoms with Gasteiger partial charge < -0.3 is 9.47 Å². The summed E-state index contributed by atoms with van der Waals surface area (Å²) < 4.78 is 11.9. The maximum Gasteiger partial charge on any atom is 0.232 e. The number of hydrogen-bond donors (Lipinski definition) is 0. The van der Waals surface area contributed by atoms with E-state index < -0.39 is 0 Å². The normalized spacial score (nSPS) is 18.2. The Bertz CT molecular complexity index is 866. The molecule has 0 amide bonds. The van der Waals surface area contributed by atoms with Crippen LogP contribution in [0, 0.1) is 12.8 Å². The zero-order chi connectivity index (χ0) is 17.6.